The van der Waals surface area contributed by atoms with Crippen LogP contribution in [0.25, 0.3) is 11.0 Å². The number of nitrogens with zero attached hydrogens (tertiary/aromatic N) is 6. The van der Waals surface area contributed by atoms with Gasteiger partial charge in [-0.15, -0.1) is 0 Å². The molecule has 0 saturated heterocycles. The van der Waals surface area contributed by atoms with E-state index in [2.05, 4.69) is 30.6 Å². The van der Waals surface area contributed by atoms with Gasteiger partial charge in [-0.3, -0.25) is 18.9 Å². The fourth-order valence-electron chi connectivity index (χ4n) is 3.35. The zero-order chi connectivity index (χ0) is 27.8. The van der Waals surface area contributed by atoms with Gasteiger partial charge in [0.15, 0.2) is 16.3 Å². The zero-order valence-corrected chi connectivity index (χ0v) is 21.4. The number of carbonyl (C=O) groups is 3. The molecular weight excluding hydrogens is 565 g/mol. The van der Waals surface area contributed by atoms with Crippen molar-refractivity contribution < 1.29 is 32.5 Å². The molecule has 1 aliphatic heterocycles. The summed E-state index contributed by atoms with van der Waals surface area (Å²) in [6, 6.07) is 6.47. The van der Waals surface area contributed by atoms with Gasteiger partial charge >= 0.3 is 5.97 Å². The number of azo groups is 1. The number of fused-ring (bicyclic) bond motifs is 1. The highest BCUT2D eigenvalue weighted by Gasteiger charge is 2.35. The molecule has 2 heterocycles. The Hall–Kier alpha value is -4.05. The molecule has 1 aromatic heterocycles. The number of aromatic nitrogens is 2. The molecule has 4 rings (SSSR count). The van der Waals surface area contributed by atoms with Crippen molar-refractivity contribution in [2.24, 2.45) is 15.3 Å². The van der Waals surface area contributed by atoms with Gasteiger partial charge in [0.25, 0.3) is 21.9 Å². The highest BCUT2D eigenvalue weighted by molar-refractivity contribution is 7.86. The normalized spacial score (nSPS) is 15.8. The van der Waals surface area contributed by atoms with Gasteiger partial charge in [-0.05, 0) is 43.3 Å². The highest BCUT2D eigenvalue weighted by atomic mass is 35.5. The number of amides is 2. The number of carboxylic acid groups (broad SMARTS) is 1. The van der Waals surface area contributed by atoms with Crippen molar-refractivity contribution in [1.82, 2.24) is 15.0 Å². The largest absolute Gasteiger partial charge is 0.480 e. The summed E-state index contributed by atoms with van der Waals surface area (Å²) >= 11 is 11.7. The summed E-state index contributed by atoms with van der Waals surface area (Å²) < 4.78 is 33.7. The lowest BCUT2D eigenvalue weighted by atomic mass is 10.1. The smallest absolute Gasteiger partial charge is 0.325 e. The minimum Gasteiger partial charge on any atom is -0.480 e. The second kappa shape index (κ2) is 10.4. The van der Waals surface area contributed by atoms with E-state index >= 15 is 0 Å². The van der Waals surface area contributed by atoms with Gasteiger partial charge in [0.2, 0.25) is 0 Å². The third-order valence-electron chi connectivity index (χ3n) is 5.07. The number of carboxylic acids is 1. The first-order chi connectivity index (χ1) is 17.8. The van der Waals surface area contributed by atoms with Crippen LogP contribution in [0.3, 0.4) is 0 Å². The summed E-state index contributed by atoms with van der Waals surface area (Å²) in [4.78, 5) is 43.4. The van der Waals surface area contributed by atoms with Crippen LogP contribution >= 0.6 is 23.2 Å². The molecule has 3 aromatic rings. The van der Waals surface area contributed by atoms with Crippen molar-refractivity contribution in [2.45, 2.75) is 17.9 Å². The van der Waals surface area contributed by atoms with Crippen LogP contribution in [0, 0.1) is 0 Å². The monoisotopic (exact) mass is 579 g/mol. The number of aliphatic carboxylic acids is 1. The quantitative estimate of drug-likeness (QED) is 0.277. The summed E-state index contributed by atoms with van der Waals surface area (Å²) in [6.45, 7) is 0.740. The molecular formula is C21H15Cl2N7O7S. The van der Waals surface area contributed by atoms with E-state index in [-0.39, 0.29) is 33.0 Å². The average Bonchev–Trinajstić information content (AvgIpc) is 3.09. The van der Waals surface area contributed by atoms with Crippen LogP contribution in [-0.2, 0) is 19.7 Å². The molecule has 3 N–H and O–H groups in total. The average molecular weight is 580 g/mol. The van der Waals surface area contributed by atoms with E-state index in [4.69, 9.17) is 28.3 Å². The molecule has 0 saturated carbocycles. The number of hydrazone groups is 1. The molecule has 0 spiro atoms. The van der Waals surface area contributed by atoms with Gasteiger partial charge in [-0.25, -0.2) is 15.0 Å². The maximum Gasteiger partial charge on any atom is 0.325 e. The zero-order valence-electron chi connectivity index (χ0n) is 19.0. The summed E-state index contributed by atoms with van der Waals surface area (Å²) in [7, 11) is -4.85. The molecule has 0 bridgehead atoms. The van der Waals surface area contributed by atoms with Gasteiger partial charge in [-0.2, -0.15) is 23.7 Å². The predicted molar refractivity (Wildman–Crippen MR) is 135 cm³/mol. The van der Waals surface area contributed by atoms with Crippen molar-refractivity contribution in [2.75, 3.05) is 11.9 Å². The first-order valence-corrected chi connectivity index (χ1v) is 12.6. The maximum atomic E-state index is 12.8. The van der Waals surface area contributed by atoms with E-state index in [0.717, 1.165) is 12.1 Å². The third kappa shape index (κ3) is 5.75. The molecule has 2 amide bonds. The molecule has 38 heavy (non-hydrogen) atoms. The van der Waals surface area contributed by atoms with Crippen LogP contribution < -0.4 is 5.32 Å². The molecule has 0 radical (unpaired) electrons. The molecule has 2 aromatic carbocycles. The van der Waals surface area contributed by atoms with E-state index < -0.39 is 45.4 Å². The van der Waals surface area contributed by atoms with Crippen LogP contribution in [0.5, 0.6) is 0 Å². The van der Waals surface area contributed by atoms with Crippen molar-refractivity contribution in [1.29, 1.82) is 0 Å². The van der Waals surface area contributed by atoms with Gasteiger partial charge in [0.1, 0.15) is 17.1 Å². The standard InChI is InChI=1S/C21H15Cl2N7O7S/c1-9-17(21(34)30(29-9)8-16(31)32)28-27-13-5-3-11(7-15(13)38(35,36)37)24-20(33)10-2-4-12-14(6-10)26-19(23)18(22)25-12/h2-7,17H,8H2,1H3,(H,24,33)(H,31,32)(H,35,36,37). The lowest BCUT2D eigenvalue weighted by molar-refractivity contribution is -0.143. The van der Waals surface area contributed by atoms with Crippen LogP contribution in [0.15, 0.2) is 56.6 Å². The summed E-state index contributed by atoms with van der Waals surface area (Å²) in [6.07, 6.45) is 0. The lowest BCUT2D eigenvalue weighted by Crippen LogP contribution is -2.33. The third-order valence-corrected chi connectivity index (χ3v) is 6.58. The Balaban J connectivity index is 1.58. The first kappa shape index (κ1) is 27.0. The maximum absolute atomic E-state index is 12.8. The van der Waals surface area contributed by atoms with E-state index in [1.165, 1.54) is 31.2 Å². The Labute approximate surface area is 223 Å². The number of hydrogen-bond acceptors (Lipinski definition) is 10. The number of carbonyl (C=O) groups excluding carboxylic acids is 2. The number of rotatable bonds is 7. The number of anilines is 1. The predicted octanol–water partition coefficient (Wildman–Crippen LogP) is 3.19. The number of nitrogens with one attached hydrogen (secondary N) is 1. The molecule has 0 fully saturated rings. The topological polar surface area (TPSA) is 204 Å². The van der Waals surface area contributed by atoms with Crippen molar-refractivity contribution >= 4 is 79.2 Å². The van der Waals surface area contributed by atoms with Crippen molar-refractivity contribution in [3.8, 4) is 0 Å². The first-order valence-electron chi connectivity index (χ1n) is 10.4. The SMILES string of the molecule is CC1=NN(CC(=O)O)C(=O)C1N=Nc1ccc(NC(=O)c2ccc3nc(Cl)c(Cl)nc3c2)cc1S(=O)(=O)O. The number of halogens is 2. The van der Waals surface area contributed by atoms with Crippen LogP contribution in [0.1, 0.15) is 17.3 Å². The lowest BCUT2D eigenvalue weighted by Gasteiger charge is -2.10. The van der Waals surface area contributed by atoms with Crippen molar-refractivity contribution in [3.63, 3.8) is 0 Å². The van der Waals surface area contributed by atoms with Gasteiger partial charge < -0.3 is 10.4 Å². The van der Waals surface area contributed by atoms with E-state index in [0.29, 0.717) is 16.0 Å². The second-order valence-electron chi connectivity index (χ2n) is 7.77. The van der Waals surface area contributed by atoms with Crippen LogP contribution in [-0.4, -0.2) is 69.1 Å². The van der Waals surface area contributed by atoms with Crippen molar-refractivity contribution in [3.05, 3.63) is 52.3 Å². The summed E-state index contributed by atoms with van der Waals surface area (Å²) in [5.74, 6) is -2.70. The number of benzene rings is 2. The number of hydrogen-bond donors (Lipinski definition) is 3. The molecule has 196 valence electrons. The molecule has 1 unspecified atom stereocenters. The molecule has 17 heteroatoms. The van der Waals surface area contributed by atoms with Crippen LogP contribution in [0.2, 0.25) is 10.3 Å². The summed E-state index contributed by atoms with van der Waals surface area (Å²) in [5, 5.41) is 23.4. The Morgan fingerprint density at radius 2 is 1.79 bits per heavy atom. The van der Waals surface area contributed by atoms with E-state index in [1.54, 1.807) is 0 Å². The Kier molecular flexibility index (Phi) is 7.37. The second-order valence-corrected chi connectivity index (χ2v) is 9.88. The minimum absolute atomic E-state index is 0.00341. The molecule has 1 atom stereocenters. The molecule has 14 nitrogen and oxygen atoms in total. The minimum atomic E-state index is -4.85. The molecule has 0 aliphatic carbocycles. The Morgan fingerprint density at radius 1 is 1.11 bits per heavy atom. The van der Waals surface area contributed by atoms with Gasteiger partial charge in [0.05, 0.1) is 16.7 Å². The van der Waals surface area contributed by atoms with Gasteiger partial charge in [-0.1, -0.05) is 23.2 Å². The Bertz CT molecular complexity index is 1680. The van der Waals surface area contributed by atoms with E-state index in [9.17, 15) is 27.4 Å². The van der Waals surface area contributed by atoms with E-state index in [1.807, 2.05) is 0 Å². The fourth-order valence-corrected chi connectivity index (χ4v) is 4.26. The van der Waals surface area contributed by atoms with Crippen LogP contribution in [0.4, 0.5) is 11.4 Å². The van der Waals surface area contributed by atoms with Gasteiger partial charge in [0, 0.05) is 11.3 Å². The fraction of sp³-hybridized carbons (Fsp3) is 0.143. The Morgan fingerprint density at radius 3 is 2.45 bits per heavy atom. The highest BCUT2D eigenvalue weighted by Crippen LogP contribution is 2.29. The molecule has 1 aliphatic rings. The summed E-state index contributed by atoms with van der Waals surface area (Å²) in [5.41, 5.74) is 0.623.